The number of rotatable bonds is 3. The van der Waals surface area contributed by atoms with Gasteiger partial charge in [0.1, 0.15) is 0 Å². The van der Waals surface area contributed by atoms with Gasteiger partial charge in [-0.25, -0.2) is 0 Å². The summed E-state index contributed by atoms with van der Waals surface area (Å²) in [6.07, 6.45) is 4.34. The molecule has 1 N–H and O–H groups in total. The predicted octanol–water partition coefficient (Wildman–Crippen LogP) is 2.74. The molecule has 1 saturated carbocycles. The first kappa shape index (κ1) is 11.4. The molecule has 0 bridgehead atoms. The van der Waals surface area contributed by atoms with Gasteiger partial charge in [-0.1, -0.05) is 0 Å². The summed E-state index contributed by atoms with van der Waals surface area (Å²) in [5, 5.41) is 10.00. The third-order valence-electron chi connectivity index (χ3n) is 3.95. The molecule has 0 radical (unpaired) electrons. The molecule has 1 aliphatic heterocycles. The Kier molecular flexibility index (Phi) is 2.63. The van der Waals surface area contributed by atoms with Gasteiger partial charge < -0.3 is 9.84 Å². The molecular formula is C13H24O2. The Morgan fingerprint density at radius 1 is 1.27 bits per heavy atom. The second-order valence-corrected chi connectivity index (χ2v) is 6.51. The number of aliphatic hydroxyl groups excluding tert-OH is 1. The molecule has 2 unspecified atom stereocenters. The van der Waals surface area contributed by atoms with Crippen molar-refractivity contribution in [1.29, 1.82) is 0 Å². The summed E-state index contributed by atoms with van der Waals surface area (Å²) in [5.74, 6) is 1.09. The van der Waals surface area contributed by atoms with E-state index in [0.717, 1.165) is 12.8 Å². The van der Waals surface area contributed by atoms with Gasteiger partial charge in [0, 0.05) is 0 Å². The summed E-state index contributed by atoms with van der Waals surface area (Å²) in [6, 6.07) is 0. The molecule has 2 heteroatoms. The van der Waals surface area contributed by atoms with E-state index in [9.17, 15) is 5.11 Å². The van der Waals surface area contributed by atoms with Crippen LogP contribution in [0.2, 0.25) is 0 Å². The minimum atomic E-state index is -0.0909. The van der Waals surface area contributed by atoms with Crippen LogP contribution < -0.4 is 0 Å². The topological polar surface area (TPSA) is 29.5 Å². The zero-order chi connectivity index (χ0) is 11.3. The van der Waals surface area contributed by atoms with Crippen LogP contribution in [0.5, 0.6) is 0 Å². The number of aliphatic hydroxyl groups is 1. The highest BCUT2D eigenvalue weighted by atomic mass is 16.5. The van der Waals surface area contributed by atoms with Crippen LogP contribution in [-0.2, 0) is 4.74 Å². The minimum Gasteiger partial charge on any atom is -0.393 e. The Hall–Kier alpha value is -0.0800. The second kappa shape index (κ2) is 3.46. The smallest absolute Gasteiger partial charge is 0.0663 e. The van der Waals surface area contributed by atoms with E-state index in [4.69, 9.17) is 4.74 Å². The zero-order valence-electron chi connectivity index (χ0n) is 10.4. The van der Waals surface area contributed by atoms with Crippen molar-refractivity contribution in [3.63, 3.8) is 0 Å². The second-order valence-electron chi connectivity index (χ2n) is 6.51. The summed E-state index contributed by atoms with van der Waals surface area (Å²) in [5.41, 5.74) is -0.0865. The Labute approximate surface area is 93.0 Å². The lowest BCUT2D eigenvalue weighted by atomic mass is 9.82. The van der Waals surface area contributed by atoms with Gasteiger partial charge >= 0.3 is 0 Å². The van der Waals surface area contributed by atoms with E-state index in [1.165, 1.54) is 12.8 Å². The molecule has 2 fully saturated rings. The summed E-state index contributed by atoms with van der Waals surface area (Å²) in [6.45, 7) is 8.62. The molecule has 15 heavy (non-hydrogen) atoms. The molecule has 1 saturated heterocycles. The van der Waals surface area contributed by atoms with Crippen LogP contribution in [-0.4, -0.2) is 22.4 Å². The largest absolute Gasteiger partial charge is 0.393 e. The molecule has 0 amide bonds. The third-order valence-corrected chi connectivity index (χ3v) is 3.95. The van der Waals surface area contributed by atoms with Gasteiger partial charge in [0.25, 0.3) is 0 Å². The fraction of sp³-hybridized carbons (Fsp3) is 1.00. The van der Waals surface area contributed by atoms with Gasteiger partial charge in [0.05, 0.1) is 17.3 Å². The Bertz CT molecular complexity index is 241. The van der Waals surface area contributed by atoms with Crippen molar-refractivity contribution in [2.24, 2.45) is 11.8 Å². The Morgan fingerprint density at radius 2 is 1.87 bits per heavy atom. The van der Waals surface area contributed by atoms with Crippen LogP contribution in [0.25, 0.3) is 0 Å². The Balaban J connectivity index is 1.96. The van der Waals surface area contributed by atoms with E-state index in [-0.39, 0.29) is 17.3 Å². The monoisotopic (exact) mass is 212 g/mol. The molecule has 0 aromatic heterocycles. The lowest BCUT2D eigenvalue weighted by molar-refractivity contribution is -0.0786. The van der Waals surface area contributed by atoms with E-state index in [0.29, 0.717) is 11.8 Å². The lowest BCUT2D eigenvalue weighted by Crippen LogP contribution is -2.31. The van der Waals surface area contributed by atoms with E-state index in [1.807, 2.05) is 0 Å². The molecule has 88 valence electrons. The summed E-state index contributed by atoms with van der Waals surface area (Å²) in [7, 11) is 0. The standard InChI is InChI=1S/C13H24O2/c1-12(2)8-10(13(3,4)15-12)7-11(14)9-5-6-9/h9-11,14H,5-8H2,1-4H3. The molecule has 1 aliphatic carbocycles. The highest BCUT2D eigenvalue weighted by Crippen LogP contribution is 2.46. The zero-order valence-corrected chi connectivity index (χ0v) is 10.4. The molecule has 0 spiro atoms. The molecule has 0 aromatic carbocycles. The number of hydrogen-bond donors (Lipinski definition) is 1. The van der Waals surface area contributed by atoms with Gasteiger partial charge in [-0.2, -0.15) is 0 Å². The van der Waals surface area contributed by atoms with Crippen molar-refractivity contribution in [3.8, 4) is 0 Å². The van der Waals surface area contributed by atoms with Gasteiger partial charge in [0.2, 0.25) is 0 Å². The molecule has 1 heterocycles. The number of hydrogen-bond acceptors (Lipinski definition) is 2. The van der Waals surface area contributed by atoms with E-state index in [2.05, 4.69) is 27.7 Å². The molecule has 2 aliphatic rings. The quantitative estimate of drug-likeness (QED) is 0.779. The van der Waals surface area contributed by atoms with Crippen molar-refractivity contribution < 1.29 is 9.84 Å². The minimum absolute atomic E-state index is 0.0164. The van der Waals surface area contributed by atoms with Crippen LogP contribution in [0.1, 0.15) is 53.4 Å². The summed E-state index contributed by atoms with van der Waals surface area (Å²) < 4.78 is 6.04. The third kappa shape index (κ3) is 2.54. The van der Waals surface area contributed by atoms with Crippen LogP contribution in [0, 0.1) is 11.8 Å². The highest BCUT2D eigenvalue weighted by Gasteiger charge is 2.47. The first-order valence-corrected chi connectivity index (χ1v) is 6.18. The molecular weight excluding hydrogens is 188 g/mol. The van der Waals surface area contributed by atoms with Crippen LogP contribution >= 0.6 is 0 Å². The predicted molar refractivity (Wildman–Crippen MR) is 60.7 cm³/mol. The van der Waals surface area contributed by atoms with Crippen LogP contribution in [0.4, 0.5) is 0 Å². The number of ether oxygens (including phenoxy) is 1. The first-order chi connectivity index (χ1) is 6.80. The van der Waals surface area contributed by atoms with Crippen molar-refractivity contribution >= 4 is 0 Å². The van der Waals surface area contributed by atoms with Crippen molar-refractivity contribution in [3.05, 3.63) is 0 Å². The van der Waals surface area contributed by atoms with Crippen LogP contribution in [0.15, 0.2) is 0 Å². The SMILES string of the molecule is CC1(C)CC(CC(O)C2CC2)C(C)(C)O1. The van der Waals surface area contributed by atoms with Crippen LogP contribution in [0.3, 0.4) is 0 Å². The average molecular weight is 212 g/mol. The first-order valence-electron chi connectivity index (χ1n) is 6.18. The van der Waals surface area contributed by atoms with Gasteiger partial charge in [0.15, 0.2) is 0 Å². The van der Waals surface area contributed by atoms with E-state index >= 15 is 0 Å². The lowest BCUT2D eigenvalue weighted by Gasteiger charge is -2.28. The fourth-order valence-corrected chi connectivity index (χ4v) is 3.01. The van der Waals surface area contributed by atoms with Crippen molar-refractivity contribution in [1.82, 2.24) is 0 Å². The molecule has 2 nitrogen and oxygen atoms in total. The molecule has 2 rings (SSSR count). The average Bonchev–Trinajstić information content (AvgIpc) is 2.78. The Morgan fingerprint density at radius 3 is 2.27 bits per heavy atom. The van der Waals surface area contributed by atoms with Gasteiger partial charge in [-0.3, -0.25) is 0 Å². The molecule has 0 aromatic rings. The summed E-state index contributed by atoms with van der Waals surface area (Å²) >= 11 is 0. The van der Waals surface area contributed by atoms with E-state index < -0.39 is 0 Å². The van der Waals surface area contributed by atoms with E-state index in [1.54, 1.807) is 0 Å². The van der Waals surface area contributed by atoms with Crippen molar-refractivity contribution in [2.45, 2.75) is 70.7 Å². The molecule has 2 atom stereocenters. The maximum atomic E-state index is 10.00. The van der Waals surface area contributed by atoms with Gasteiger partial charge in [-0.15, -0.1) is 0 Å². The van der Waals surface area contributed by atoms with Gasteiger partial charge in [-0.05, 0) is 65.2 Å². The normalized spacial score (nSPS) is 35.4. The maximum absolute atomic E-state index is 10.00. The van der Waals surface area contributed by atoms with Crippen molar-refractivity contribution in [2.75, 3.05) is 0 Å². The maximum Gasteiger partial charge on any atom is 0.0663 e. The highest BCUT2D eigenvalue weighted by molar-refractivity contribution is 4.96. The summed E-state index contributed by atoms with van der Waals surface area (Å²) in [4.78, 5) is 0. The fourth-order valence-electron chi connectivity index (χ4n) is 3.01.